The van der Waals surface area contributed by atoms with E-state index in [2.05, 4.69) is 48.6 Å². The van der Waals surface area contributed by atoms with Crippen LogP contribution in [0.15, 0.2) is 42.5 Å². The maximum Gasteiger partial charge on any atom is 0.407 e. The molecular weight excluding hydrogens is 414 g/mol. The van der Waals surface area contributed by atoms with Gasteiger partial charge in [0.15, 0.2) is 0 Å². The molecule has 1 aliphatic carbocycles. The third kappa shape index (κ3) is 6.43. The van der Waals surface area contributed by atoms with Crippen molar-refractivity contribution < 1.29 is 19.0 Å². The van der Waals surface area contributed by atoms with Gasteiger partial charge in [-0.05, 0) is 107 Å². The number of rotatable bonds is 5. The van der Waals surface area contributed by atoms with E-state index in [1.165, 1.54) is 16.7 Å². The zero-order valence-corrected chi connectivity index (χ0v) is 20.4. The third-order valence-electron chi connectivity index (χ3n) is 6.57. The fourth-order valence-electron chi connectivity index (χ4n) is 4.78. The normalized spacial score (nSPS) is 22.6. The van der Waals surface area contributed by atoms with Gasteiger partial charge in [0.2, 0.25) is 0 Å². The molecule has 33 heavy (non-hydrogen) atoms. The molecule has 0 radical (unpaired) electrons. The van der Waals surface area contributed by atoms with Crippen molar-refractivity contribution in [2.24, 2.45) is 5.92 Å². The van der Waals surface area contributed by atoms with Crippen LogP contribution in [-0.4, -0.2) is 24.3 Å². The second-order valence-electron chi connectivity index (χ2n) is 10.4. The molecule has 1 amide bonds. The Morgan fingerprint density at radius 2 is 1.82 bits per heavy atom. The number of ether oxygens (including phenoxy) is 3. The summed E-state index contributed by atoms with van der Waals surface area (Å²) in [6.45, 7) is 8.51. The van der Waals surface area contributed by atoms with Gasteiger partial charge in [0.05, 0.1) is 6.61 Å². The van der Waals surface area contributed by atoms with Crippen LogP contribution in [0.3, 0.4) is 0 Å². The van der Waals surface area contributed by atoms with Crippen molar-refractivity contribution in [2.45, 2.75) is 84.0 Å². The highest BCUT2D eigenvalue weighted by atomic mass is 16.6. The summed E-state index contributed by atoms with van der Waals surface area (Å²) >= 11 is 0. The fraction of sp³-hybridized carbons (Fsp3) is 0.536. The number of hydrogen-bond acceptors (Lipinski definition) is 4. The van der Waals surface area contributed by atoms with Crippen molar-refractivity contribution in [3.63, 3.8) is 0 Å². The molecule has 2 aromatic carbocycles. The minimum Gasteiger partial charge on any atom is -0.493 e. The molecular formula is C28H37NO4. The molecule has 0 aromatic heterocycles. The van der Waals surface area contributed by atoms with Crippen LogP contribution in [0, 0.1) is 12.8 Å². The molecule has 1 N–H and O–H groups in total. The molecule has 0 spiro atoms. The van der Waals surface area contributed by atoms with E-state index in [1.54, 1.807) is 0 Å². The van der Waals surface area contributed by atoms with Gasteiger partial charge < -0.3 is 19.5 Å². The van der Waals surface area contributed by atoms with Crippen molar-refractivity contribution in [1.82, 2.24) is 5.32 Å². The van der Waals surface area contributed by atoms with Gasteiger partial charge in [-0.25, -0.2) is 4.79 Å². The van der Waals surface area contributed by atoms with Gasteiger partial charge in [0, 0.05) is 6.04 Å². The molecule has 4 rings (SSSR count). The topological polar surface area (TPSA) is 56.8 Å². The van der Waals surface area contributed by atoms with Crippen LogP contribution in [0.5, 0.6) is 11.5 Å². The molecule has 1 fully saturated rings. The Morgan fingerprint density at radius 1 is 1.06 bits per heavy atom. The lowest BCUT2D eigenvalue weighted by Gasteiger charge is -2.30. The second kappa shape index (κ2) is 10.1. The zero-order valence-electron chi connectivity index (χ0n) is 20.4. The first kappa shape index (κ1) is 23.5. The number of alkyl carbamates (subject to hydrolysis) is 1. The van der Waals surface area contributed by atoms with Gasteiger partial charge in [0.25, 0.3) is 0 Å². The van der Waals surface area contributed by atoms with Crippen LogP contribution >= 0.6 is 0 Å². The summed E-state index contributed by atoms with van der Waals surface area (Å²) in [5.41, 5.74) is 3.32. The summed E-state index contributed by atoms with van der Waals surface area (Å²) in [6.07, 6.45) is 5.80. The maximum absolute atomic E-state index is 12.0. The molecule has 5 heteroatoms. The lowest BCUT2D eigenvalue weighted by molar-refractivity contribution is 0.0483. The van der Waals surface area contributed by atoms with Crippen LogP contribution in [-0.2, 0) is 11.2 Å². The van der Waals surface area contributed by atoms with E-state index in [9.17, 15) is 4.79 Å². The highest BCUT2D eigenvalue weighted by Gasteiger charge is 2.26. The highest BCUT2D eigenvalue weighted by molar-refractivity contribution is 5.68. The number of amides is 1. The van der Waals surface area contributed by atoms with E-state index in [0.29, 0.717) is 12.5 Å². The van der Waals surface area contributed by atoms with Gasteiger partial charge in [-0.1, -0.05) is 24.3 Å². The molecule has 0 bridgehead atoms. The molecule has 1 atom stereocenters. The van der Waals surface area contributed by atoms with Crippen molar-refractivity contribution >= 4 is 6.09 Å². The van der Waals surface area contributed by atoms with Gasteiger partial charge in [0.1, 0.15) is 23.2 Å². The Balaban J connectivity index is 1.24. The van der Waals surface area contributed by atoms with Crippen molar-refractivity contribution in [3.05, 3.63) is 59.2 Å². The van der Waals surface area contributed by atoms with Gasteiger partial charge >= 0.3 is 6.09 Å². The van der Waals surface area contributed by atoms with E-state index in [4.69, 9.17) is 14.2 Å². The van der Waals surface area contributed by atoms with Crippen LogP contribution < -0.4 is 14.8 Å². The summed E-state index contributed by atoms with van der Waals surface area (Å²) in [5, 5.41) is 3.01. The van der Waals surface area contributed by atoms with E-state index < -0.39 is 5.60 Å². The Bertz CT molecular complexity index is 957. The van der Waals surface area contributed by atoms with Gasteiger partial charge in [-0.2, -0.15) is 0 Å². The predicted molar refractivity (Wildman–Crippen MR) is 130 cm³/mol. The lowest BCUT2D eigenvalue weighted by Crippen LogP contribution is -2.41. The highest BCUT2D eigenvalue weighted by Crippen LogP contribution is 2.37. The summed E-state index contributed by atoms with van der Waals surface area (Å²) in [6, 6.07) is 14.9. The van der Waals surface area contributed by atoms with E-state index in [0.717, 1.165) is 50.0 Å². The Hall–Kier alpha value is -2.69. The molecule has 1 unspecified atom stereocenters. The van der Waals surface area contributed by atoms with Crippen LogP contribution in [0.25, 0.3) is 0 Å². The van der Waals surface area contributed by atoms with E-state index in [-0.39, 0.29) is 18.2 Å². The van der Waals surface area contributed by atoms with Crippen LogP contribution in [0.2, 0.25) is 0 Å². The van der Waals surface area contributed by atoms with E-state index >= 15 is 0 Å². The summed E-state index contributed by atoms with van der Waals surface area (Å²) in [7, 11) is 0. The molecule has 2 aromatic rings. The van der Waals surface area contributed by atoms with Crippen molar-refractivity contribution in [1.29, 1.82) is 0 Å². The largest absolute Gasteiger partial charge is 0.493 e. The van der Waals surface area contributed by atoms with Crippen LogP contribution in [0.4, 0.5) is 4.79 Å². The monoisotopic (exact) mass is 451 g/mol. The third-order valence-corrected chi connectivity index (χ3v) is 6.57. The fourth-order valence-corrected chi connectivity index (χ4v) is 4.78. The number of benzene rings is 2. The molecule has 0 saturated heterocycles. The first-order valence-corrected chi connectivity index (χ1v) is 12.2. The van der Waals surface area contributed by atoms with Crippen molar-refractivity contribution in [3.8, 4) is 11.5 Å². The lowest BCUT2D eigenvalue weighted by atomic mass is 9.86. The number of hydrogen-bond donors (Lipinski definition) is 1. The minimum atomic E-state index is -0.462. The Kier molecular flexibility index (Phi) is 7.16. The second-order valence-corrected chi connectivity index (χ2v) is 10.4. The van der Waals surface area contributed by atoms with Gasteiger partial charge in [-0.3, -0.25) is 0 Å². The maximum atomic E-state index is 12.0. The quantitative estimate of drug-likeness (QED) is 0.562. The first-order chi connectivity index (χ1) is 15.8. The number of aryl methyl sites for hydroxylation is 2. The van der Waals surface area contributed by atoms with Gasteiger partial charge in [-0.15, -0.1) is 0 Å². The average Bonchev–Trinajstić information content (AvgIpc) is 2.77. The predicted octanol–water partition coefficient (Wildman–Crippen LogP) is 6.52. The minimum absolute atomic E-state index is 0.120. The summed E-state index contributed by atoms with van der Waals surface area (Å²) in [5.74, 6) is 2.40. The Morgan fingerprint density at radius 3 is 2.55 bits per heavy atom. The number of carbonyl (C=O) groups is 1. The summed E-state index contributed by atoms with van der Waals surface area (Å²) in [4.78, 5) is 12.0. The van der Waals surface area contributed by atoms with E-state index in [1.807, 2.05) is 26.8 Å². The molecule has 1 saturated carbocycles. The Labute approximate surface area is 197 Å². The molecule has 1 aliphatic heterocycles. The van der Waals surface area contributed by atoms with Crippen molar-refractivity contribution in [2.75, 3.05) is 6.61 Å². The molecule has 1 heterocycles. The number of fused-ring (bicyclic) bond motifs is 1. The average molecular weight is 452 g/mol. The first-order valence-electron chi connectivity index (χ1n) is 12.2. The molecule has 5 nitrogen and oxygen atoms in total. The SMILES string of the molecule is Cc1ccccc1C1CCc2cc(OCC3CCC(NC(=O)OC(C)(C)C)CC3)ccc2O1. The molecule has 2 aliphatic rings. The standard InChI is InChI=1S/C28H37NO4/c1-19-7-5-6-8-24(19)26-15-11-21-17-23(14-16-25(21)32-26)31-18-20-9-12-22(13-10-20)29-27(30)33-28(2,3)4/h5-8,14,16-17,20,22,26H,9-13,15,18H2,1-4H3,(H,29,30). The molecule has 178 valence electrons. The number of nitrogens with one attached hydrogen (secondary N) is 1. The zero-order chi connectivity index (χ0) is 23.4. The summed E-state index contributed by atoms with van der Waals surface area (Å²) < 4.78 is 17.8. The smallest absolute Gasteiger partial charge is 0.407 e. The van der Waals surface area contributed by atoms with Crippen LogP contribution in [0.1, 0.15) is 75.7 Å². The number of carbonyl (C=O) groups excluding carboxylic acids is 1.